The first-order chi connectivity index (χ1) is 15.1. The van der Waals surface area contributed by atoms with E-state index in [0.717, 1.165) is 43.9 Å². The molecule has 170 valence electrons. The fraction of sp³-hybridized carbons (Fsp3) is 0.333. The molecule has 1 fully saturated rings. The molecule has 1 aliphatic rings. The monoisotopic (exact) mass is 450 g/mol. The summed E-state index contributed by atoms with van der Waals surface area (Å²) in [6.45, 7) is 0. The summed E-state index contributed by atoms with van der Waals surface area (Å²) in [5, 5.41) is 6.14. The Morgan fingerprint density at radius 3 is 2.59 bits per heavy atom. The maximum absolute atomic E-state index is 14.7. The van der Waals surface area contributed by atoms with Crippen molar-refractivity contribution < 1.29 is 22.4 Å². The summed E-state index contributed by atoms with van der Waals surface area (Å²) in [4.78, 5) is 18.8. The molecule has 11 heteroatoms. The first-order valence-corrected chi connectivity index (χ1v) is 10.1. The third-order valence-corrected chi connectivity index (χ3v) is 5.63. The highest BCUT2D eigenvalue weighted by Crippen LogP contribution is 2.36. The Bertz CT molecular complexity index is 1160. The van der Waals surface area contributed by atoms with Crippen molar-refractivity contribution in [3.8, 4) is 0 Å². The van der Waals surface area contributed by atoms with E-state index in [1.165, 1.54) is 6.20 Å². The number of nitrogens with two attached hydrogens (primary N) is 2. The number of nitrogens with zero attached hydrogens (tertiary/aromatic N) is 1. The molecule has 3 aromatic rings. The van der Waals surface area contributed by atoms with E-state index in [-0.39, 0.29) is 40.5 Å². The average molecular weight is 450 g/mol. The number of pyridine rings is 1. The highest BCUT2D eigenvalue weighted by molar-refractivity contribution is 6.01. The third-order valence-electron chi connectivity index (χ3n) is 5.63. The number of nitrogens with one attached hydrogen (secondary N) is 3. The number of anilines is 3. The average Bonchev–Trinajstić information content (AvgIpc) is 3.20. The second-order valence-corrected chi connectivity index (χ2v) is 7.86. The molecular formula is C21H22F4N6O. The molecule has 2 atom stereocenters. The molecule has 1 aromatic carbocycles. The van der Waals surface area contributed by atoms with E-state index in [4.69, 9.17) is 11.5 Å². The van der Waals surface area contributed by atoms with Crippen molar-refractivity contribution in [2.45, 2.75) is 43.9 Å². The number of halogens is 4. The van der Waals surface area contributed by atoms with Gasteiger partial charge in [0.2, 0.25) is 0 Å². The van der Waals surface area contributed by atoms with Crippen LogP contribution in [0.15, 0.2) is 30.5 Å². The quantitative estimate of drug-likeness (QED) is 0.372. The van der Waals surface area contributed by atoms with Gasteiger partial charge in [-0.05, 0) is 37.1 Å². The zero-order valence-electron chi connectivity index (χ0n) is 16.9. The summed E-state index contributed by atoms with van der Waals surface area (Å²) in [6, 6.07) is 3.95. The summed E-state index contributed by atoms with van der Waals surface area (Å²) >= 11 is 0. The van der Waals surface area contributed by atoms with Crippen LogP contribution in [-0.4, -0.2) is 28.0 Å². The van der Waals surface area contributed by atoms with Crippen LogP contribution < -0.4 is 22.1 Å². The molecule has 0 aliphatic heterocycles. The number of benzene rings is 1. The predicted molar refractivity (Wildman–Crippen MR) is 113 cm³/mol. The van der Waals surface area contributed by atoms with Crippen molar-refractivity contribution >= 4 is 34.1 Å². The first-order valence-electron chi connectivity index (χ1n) is 10.1. The van der Waals surface area contributed by atoms with E-state index in [1.807, 2.05) is 0 Å². The van der Waals surface area contributed by atoms with Gasteiger partial charge in [0.05, 0.1) is 11.1 Å². The molecule has 1 amide bonds. The van der Waals surface area contributed by atoms with Crippen LogP contribution in [0.3, 0.4) is 0 Å². The molecule has 4 rings (SSSR count). The fourth-order valence-electron chi connectivity index (χ4n) is 3.95. The van der Waals surface area contributed by atoms with Gasteiger partial charge in [0.25, 0.3) is 5.91 Å². The number of hydrogen-bond acceptors (Lipinski definition) is 5. The molecule has 2 aromatic heterocycles. The van der Waals surface area contributed by atoms with Gasteiger partial charge in [-0.25, -0.2) is 9.37 Å². The van der Waals surface area contributed by atoms with Gasteiger partial charge in [-0.3, -0.25) is 4.79 Å². The number of fused-ring (bicyclic) bond motifs is 1. The van der Waals surface area contributed by atoms with E-state index < -0.39 is 23.5 Å². The lowest BCUT2D eigenvalue weighted by molar-refractivity contribution is -0.137. The van der Waals surface area contributed by atoms with Gasteiger partial charge in [-0.2, -0.15) is 13.2 Å². The van der Waals surface area contributed by atoms with Crippen LogP contribution in [0, 0.1) is 5.82 Å². The Hall–Kier alpha value is -3.34. The lowest BCUT2D eigenvalue weighted by Gasteiger charge is -2.30. The number of carbonyl (C=O) groups is 1. The van der Waals surface area contributed by atoms with E-state index >= 15 is 0 Å². The number of aromatic amines is 1. The third kappa shape index (κ3) is 4.33. The Kier molecular flexibility index (Phi) is 5.68. The summed E-state index contributed by atoms with van der Waals surface area (Å²) in [5.74, 6) is -2.10. The van der Waals surface area contributed by atoms with Crippen molar-refractivity contribution in [1.82, 2.24) is 9.97 Å². The lowest BCUT2D eigenvalue weighted by Crippen LogP contribution is -2.43. The Labute approximate surface area is 180 Å². The molecule has 7 N–H and O–H groups in total. The SMILES string of the molecule is NC(=O)c1cc(F)c(N[C@@H]2CCCC[C@@H]2N)nc1Nc1cc(C(F)(F)F)cc2[nH]ccc12. The minimum Gasteiger partial charge on any atom is -0.365 e. The number of amides is 1. The van der Waals surface area contributed by atoms with Gasteiger partial charge in [0.15, 0.2) is 11.6 Å². The van der Waals surface area contributed by atoms with E-state index in [0.29, 0.717) is 5.39 Å². The minimum absolute atomic E-state index is 0.0398. The number of aromatic nitrogens is 2. The minimum atomic E-state index is -4.59. The topological polar surface area (TPSA) is 122 Å². The van der Waals surface area contributed by atoms with Gasteiger partial charge in [0.1, 0.15) is 5.82 Å². The number of alkyl halides is 3. The Morgan fingerprint density at radius 1 is 1.16 bits per heavy atom. The van der Waals surface area contributed by atoms with Gasteiger partial charge in [-0.15, -0.1) is 0 Å². The van der Waals surface area contributed by atoms with Crippen LogP contribution in [0.5, 0.6) is 0 Å². The summed E-state index contributed by atoms with van der Waals surface area (Å²) in [7, 11) is 0. The Balaban J connectivity index is 1.76. The molecule has 7 nitrogen and oxygen atoms in total. The van der Waals surface area contributed by atoms with Gasteiger partial charge in [-0.1, -0.05) is 12.8 Å². The van der Waals surface area contributed by atoms with Crippen LogP contribution in [0.25, 0.3) is 10.9 Å². The zero-order valence-corrected chi connectivity index (χ0v) is 16.9. The highest BCUT2D eigenvalue weighted by atomic mass is 19.4. The van der Waals surface area contributed by atoms with Crippen LogP contribution in [0.1, 0.15) is 41.6 Å². The molecular weight excluding hydrogens is 428 g/mol. The zero-order chi connectivity index (χ0) is 23.0. The molecule has 0 spiro atoms. The number of rotatable bonds is 5. The second kappa shape index (κ2) is 8.30. The molecule has 0 saturated heterocycles. The van der Waals surface area contributed by atoms with Crippen molar-refractivity contribution in [3.05, 3.63) is 47.4 Å². The molecule has 0 radical (unpaired) electrons. The maximum atomic E-state index is 14.7. The van der Waals surface area contributed by atoms with Gasteiger partial charge < -0.3 is 27.1 Å². The Morgan fingerprint density at radius 2 is 1.91 bits per heavy atom. The summed E-state index contributed by atoms with van der Waals surface area (Å²) in [5.41, 5.74) is 10.6. The van der Waals surface area contributed by atoms with Crippen molar-refractivity contribution in [3.63, 3.8) is 0 Å². The van der Waals surface area contributed by atoms with Crippen LogP contribution in [0.2, 0.25) is 0 Å². The number of H-pyrrole nitrogens is 1. The van der Waals surface area contributed by atoms with E-state index in [9.17, 15) is 22.4 Å². The van der Waals surface area contributed by atoms with Crippen LogP contribution in [-0.2, 0) is 6.18 Å². The highest BCUT2D eigenvalue weighted by Gasteiger charge is 2.32. The molecule has 1 aliphatic carbocycles. The van der Waals surface area contributed by atoms with Crippen molar-refractivity contribution in [1.29, 1.82) is 0 Å². The van der Waals surface area contributed by atoms with Crippen molar-refractivity contribution in [2.75, 3.05) is 10.6 Å². The standard InChI is InChI=1S/C21H22F4N6O/c22-13-9-12(18(27)32)19(31-20(13)29-15-4-2-1-3-14(15)26)30-17-8-10(21(23,24)25)7-16-11(17)5-6-28-16/h5-9,14-15,28H,1-4,26H2,(H2,27,32)(H2,29,30,31)/t14-,15+/m0/s1. The van der Waals surface area contributed by atoms with Gasteiger partial charge >= 0.3 is 6.18 Å². The molecule has 0 unspecified atom stereocenters. The predicted octanol–water partition coefficient (Wildman–Crippen LogP) is 4.25. The normalized spacial score (nSPS) is 19.2. The number of primary amides is 1. The molecule has 0 bridgehead atoms. The molecule has 2 heterocycles. The summed E-state index contributed by atoms with van der Waals surface area (Å²) in [6.07, 6.45) is 0.292. The first kappa shape index (κ1) is 21.9. The van der Waals surface area contributed by atoms with E-state index in [2.05, 4.69) is 20.6 Å². The number of carbonyl (C=O) groups excluding carboxylic acids is 1. The van der Waals surface area contributed by atoms with Crippen LogP contribution in [0.4, 0.5) is 34.9 Å². The maximum Gasteiger partial charge on any atom is 0.416 e. The largest absolute Gasteiger partial charge is 0.416 e. The van der Waals surface area contributed by atoms with Crippen molar-refractivity contribution in [2.24, 2.45) is 11.5 Å². The fourth-order valence-corrected chi connectivity index (χ4v) is 3.95. The second-order valence-electron chi connectivity index (χ2n) is 7.86. The molecule has 32 heavy (non-hydrogen) atoms. The number of hydrogen-bond donors (Lipinski definition) is 5. The lowest BCUT2D eigenvalue weighted by atomic mass is 9.91. The van der Waals surface area contributed by atoms with Gasteiger partial charge in [0, 0.05) is 34.9 Å². The molecule has 1 saturated carbocycles. The van der Waals surface area contributed by atoms with Crippen LogP contribution >= 0.6 is 0 Å². The summed E-state index contributed by atoms with van der Waals surface area (Å²) < 4.78 is 54.8. The van der Waals surface area contributed by atoms with E-state index in [1.54, 1.807) is 6.07 Å². The smallest absolute Gasteiger partial charge is 0.365 e.